The van der Waals surface area contributed by atoms with Gasteiger partial charge >= 0.3 is 0 Å². The molecule has 2 heterocycles. The van der Waals surface area contributed by atoms with Crippen LogP contribution < -0.4 is 5.73 Å². The molecule has 0 amide bonds. The molecule has 0 aromatic carbocycles. The largest absolute Gasteiger partial charge is 0.395 e. The molecule has 1 atom stereocenters. The number of nitrogens with zero attached hydrogens (tertiary/aromatic N) is 3. The molecule has 0 spiro atoms. The Kier molecular flexibility index (Phi) is 6.38. The SMILES string of the molecule is CC(CN1CCN(CCO)CC1)c1nc(CCN)cs1. The summed E-state index contributed by atoms with van der Waals surface area (Å²) in [6, 6.07) is 0. The molecule has 3 N–H and O–H groups in total. The standard InChI is InChI=1S/C14H26N4OS/c1-12(14-16-13(2-3-15)11-20-14)10-18-6-4-17(5-7-18)8-9-19/h11-12,19H,2-10,15H2,1H3. The first-order valence-electron chi connectivity index (χ1n) is 7.43. The third-order valence-electron chi connectivity index (χ3n) is 3.80. The van der Waals surface area contributed by atoms with Crippen LogP contribution in [-0.2, 0) is 6.42 Å². The zero-order chi connectivity index (χ0) is 14.4. The van der Waals surface area contributed by atoms with Crippen LogP contribution in [0.4, 0.5) is 0 Å². The Hall–Kier alpha value is -0.530. The lowest BCUT2D eigenvalue weighted by molar-refractivity contribution is 0.109. The van der Waals surface area contributed by atoms with Crippen LogP contribution in [0, 0.1) is 0 Å². The number of aromatic nitrogens is 1. The van der Waals surface area contributed by atoms with Gasteiger partial charge in [0.05, 0.1) is 17.3 Å². The highest BCUT2D eigenvalue weighted by Crippen LogP contribution is 2.21. The van der Waals surface area contributed by atoms with E-state index in [4.69, 9.17) is 10.8 Å². The summed E-state index contributed by atoms with van der Waals surface area (Å²) >= 11 is 1.76. The molecular weight excluding hydrogens is 272 g/mol. The second kappa shape index (κ2) is 8.05. The van der Waals surface area contributed by atoms with Gasteiger partial charge in [-0.25, -0.2) is 4.98 Å². The molecule has 1 aliphatic rings. The Labute approximate surface area is 125 Å². The normalized spacial score (nSPS) is 19.4. The van der Waals surface area contributed by atoms with E-state index in [1.165, 1.54) is 5.01 Å². The van der Waals surface area contributed by atoms with E-state index in [0.29, 0.717) is 12.5 Å². The van der Waals surface area contributed by atoms with Crippen LogP contribution in [0.3, 0.4) is 0 Å². The van der Waals surface area contributed by atoms with Crippen molar-refractivity contribution in [1.82, 2.24) is 14.8 Å². The van der Waals surface area contributed by atoms with E-state index in [0.717, 1.165) is 51.4 Å². The van der Waals surface area contributed by atoms with Gasteiger partial charge < -0.3 is 15.7 Å². The number of hydrogen-bond donors (Lipinski definition) is 2. The molecule has 1 aromatic rings. The third kappa shape index (κ3) is 4.49. The lowest BCUT2D eigenvalue weighted by Gasteiger charge is -2.35. The first-order valence-corrected chi connectivity index (χ1v) is 8.31. The van der Waals surface area contributed by atoms with Crippen LogP contribution >= 0.6 is 11.3 Å². The maximum atomic E-state index is 8.95. The minimum Gasteiger partial charge on any atom is -0.395 e. The van der Waals surface area contributed by atoms with Crippen LogP contribution in [0.2, 0.25) is 0 Å². The van der Waals surface area contributed by atoms with Crippen molar-refractivity contribution >= 4 is 11.3 Å². The molecule has 0 bridgehead atoms. The van der Waals surface area contributed by atoms with E-state index in [1.807, 2.05) is 0 Å². The predicted octanol–water partition coefficient (Wildman–Crippen LogP) is 0.358. The smallest absolute Gasteiger partial charge is 0.0969 e. The van der Waals surface area contributed by atoms with Gasteiger partial charge in [0, 0.05) is 57.0 Å². The Morgan fingerprint density at radius 3 is 2.70 bits per heavy atom. The first kappa shape index (κ1) is 15.9. The number of thiazole rings is 1. The summed E-state index contributed by atoms with van der Waals surface area (Å²) in [5, 5.41) is 12.3. The molecular formula is C14H26N4OS. The molecule has 114 valence electrons. The number of rotatable bonds is 7. The first-order chi connectivity index (χ1) is 9.72. The molecule has 20 heavy (non-hydrogen) atoms. The fraction of sp³-hybridized carbons (Fsp3) is 0.786. The Morgan fingerprint density at radius 2 is 2.05 bits per heavy atom. The van der Waals surface area contributed by atoms with Crippen molar-refractivity contribution in [2.75, 3.05) is 52.4 Å². The lowest BCUT2D eigenvalue weighted by Crippen LogP contribution is -2.47. The van der Waals surface area contributed by atoms with E-state index in [2.05, 4.69) is 27.1 Å². The zero-order valence-corrected chi connectivity index (χ0v) is 13.1. The Bertz CT molecular complexity index is 390. The van der Waals surface area contributed by atoms with Gasteiger partial charge in [-0.3, -0.25) is 4.90 Å². The zero-order valence-electron chi connectivity index (χ0n) is 12.3. The van der Waals surface area contributed by atoms with Gasteiger partial charge in [-0.15, -0.1) is 11.3 Å². The average molecular weight is 298 g/mol. The minimum atomic E-state index is 0.263. The van der Waals surface area contributed by atoms with E-state index < -0.39 is 0 Å². The maximum absolute atomic E-state index is 8.95. The molecule has 1 aliphatic heterocycles. The van der Waals surface area contributed by atoms with Crippen LogP contribution in [0.15, 0.2) is 5.38 Å². The molecule has 0 aliphatic carbocycles. The highest BCUT2D eigenvalue weighted by atomic mass is 32.1. The summed E-state index contributed by atoms with van der Waals surface area (Å²) < 4.78 is 0. The molecule has 2 rings (SSSR count). The fourth-order valence-corrected chi connectivity index (χ4v) is 3.52. The Morgan fingerprint density at radius 1 is 1.35 bits per heavy atom. The topological polar surface area (TPSA) is 65.6 Å². The molecule has 6 heteroatoms. The van der Waals surface area contributed by atoms with Crippen molar-refractivity contribution < 1.29 is 5.11 Å². The number of piperazine rings is 1. The van der Waals surface area contributed by atoms with Crippen molar-refractivity contribution in [2.45, 2.75) is 19.3 Å². The van der Waals surface area contributed by atoms with Gasteiger partial charge in [0.1, 0.15) is 0 Å². The summed E-state index contributed by atoms with van der Waals surface area (Å²) in [6.45, 7) is 9.36. The third-order valence-corrected chi connectivity index (χ3v) is 4.93. The van der Waals surface area contributed by atoms with Gasteiger partial charge in [-0.05, 0) is 6.54 Å². The monoisotopic (exact) mass is 298 g/mol. The van der Waals surface area contributed by atoms with Gasteiger partial charge in [0.25, 0.3) is 0 Å². The quantitative estimate of drug-likeness (QED) is 0.761. The van der Waals surface area contributed by atoms with Gasteiger partial charge in [0.15, 0.2) is 0 Å². The molecule has 1 saturated heterocycles. The molecule has 0 radical (unpaired) electrons. The van der Waals surface area contributed by atoms with E-state index in [1.54, 1.807) is 11.3 Å². The van der Waals surface area contributed by atoms with E-state index in [-0.39, 0.29) is 6.61 Å². The van der Waals surface area contributed by atoms with Crippen molar-refractivity contribution in [3.8, 4) is 0 Å². The van der Waals surface area contributed by atoms with Gasteiger partial charge in [0.2, 0.25) is 0 Å². The lowest BCUT2D eigenvalue weighted by atomic mass is 10.1. The highest BCUT2D eigenvalue weighted by Gasteiger charge is 2.20. The van der Waals surface area contributed by atoms with Crippen LogP contribution in [0.5, 0.6) is 0 Å². The van der Waals surface area contributed by atoms with Gasteiger partial charge in [-0.1, -0.05) is 6.92 Å². The molecule has 5 nitrogen and oxygen atoms in total. The van der Waals surface area contributed by atoms with E-state index in [9.17, 15) is 0 Å². The number of aliphatic hydroxyl groups is 1. The molecule has 1 aromatic heterocycles. The van der Waals surface area contributed by atoms with E-state index >= 15 is 0 Å². The summed E-state index contributed by atoms with van der Waals surface area (Å²) in [4.78, 5) is 9.50. The van der Waals surface area contributed by atoms with Crippen molar-refractivity contribution in [3.05, 3.63) is 16.1 Å². The molecule has 0 saturated carbocycles. The summed E-state index contributed by atoms with van der Waals surface area (Å²) in [6.07, 6.45) is 0.878. The van der Waals surface area contributed by atoms with Crippen LogP contribution in [0.25, 0.3) is 0 Å². The number of aliphatic hydroxyl groups excluding tert-OH is 1. The fourth-order valence-electron chi connectivity index (χ4n) is 2.61. The summed E-state index contributed by atoms with van der Waals surface area (Å²) in [7, 11) is 0. The number of β-amino-alcohol motifs (C(OH)–C–C–N with tert-alkyl or cyclic N) is 1. The Balaban J connectivity index is 1.78. The average Bonchev–Trinajstić information content (AvgIpc) is 2.90. The number of hydrogen-bond acceptors (Lipinski definition) is 6. The second-order valence-electron chi connectivity index (χ2n) is 5.48. The summed E-state index contributed by atoms with van der Waals surface area (Å²) in [5.41, 5.74) is 6.70. The van der Waals surface area contributed by atoms with Gasteiger partial charge in [-0.2, -0.15) is 0 Å². The van der Waals surface area contributed by atoms with Crippen LogP contribution in [-0.4, -0.2) is 72.3 Å². The highest BCUT2D eigenvalue weighted by molar-refractivity contribution is 7.09. The number of nitrogens with two attached hydrogens (primary N) is 1. The van der Waals surface area contributed by atoms with Crippen LogP contribution in [0.1, 0.15) is 23.5 Å². The van der Waals surface area contributed by atoms with Crippen molar-refractivity contribution in [3.63, 3.8) is 0 Å². The van der Waals surface area contributed by atoms with Crippen molar-refractivity contribution in [1.29, 1.82) is 0 Å². The molecule has 1 unspecified atom stereocenters. The maximum Gasteiger partial charge on any atom is 0.0969 e. The summed E-state index contributed by atoms with van der Waals surface area (Å²) in [5.74, 6) is 0.482. The van der Waals surface area contributed by atoms with Crippen molar-refractivity contribution in [2.24, 2.45) is 5.73 Å². The second-order valence-corrected chi connectivity index (χ2v) is 6.37. The predicted molar refractivity (Wildman–Crippen MR) is 83.3 cm³/mol. The minimum absolute atomic E-state index is 0.263. The molecule has 1 fully saturated rings.